The van der Waals surface area contributed by atoms with E-state index < -0.39 is 0 Å². The van der Waals surface area contributed by atoms with Crippen LogP contribution in [0.15, 0.2) is 18.3 Å². The third kappa shape index (κ3) is 4.16. The lowest BCUT2D eigenvalue weighted by Gasteiger charge is -2.14. The summed E-state index contributed by atoms with van der Waals surface area (Å²) in [4.78, 5) is 4.18. The van der Waals surface area contributed by atoms with E-state index in [2.05, 4.69) is 17.2 Å². The summed E-state index contributed by atoms with van der Waals surface area (Å²) in [5.41, 5.74) is 0. The number of hydrogen-bond acceptors (Lipinski definition) is 4. The summed E-state index contributed by atoms with van der Waals surface area (Å²) in [5, 5.41) is 11.9. The molecule has 0 saturated heterocycles. The molecule has 1 aromatic rings. The number of aromatic nitrogens is 1. The molecule has 1 rings (SSSR count). The van der Waals surface area contributed by atoms with Gasteiger partial charge >= 0.3 is 0 Å². The van der Waals surface area contributed by atoms with Crippen LogP contribution in [0, 0.1) is 0 Å². The van der Waals surface area contributed by atoms with Crippen LogP contribution in [-0.2, 0) is 0 Å². The SMILES string of the molecule is COc1ccnc(NC(C)CCCO)c1. The standard InChI is InChI=1S/C11H18N2O2/c1-9(4-3-7-14)13-11-8-10(15-2)5-6-12-11/h5-6,8-9,14H,3-4,7H2,1-2H3,(H,12,13). The number of pyridine rings is 1. The number of rotatable bonds is 6. The first-order chi connectivity index (χ1) is 7.26. The summed E-state index contributed by atoms with van der Waals surface area (Å²) in [6, 6.07) is 3.97. The second kappa shape index (κ2) is 6.24. The molecule has 0 bridgehead atoms. The third-order valence-electron chi connectivity index (χ3n) is 2.16. The molecule has 0 aliphatic heterocycles. The lowest BCUT2D eigenvalue weighted by Crippen LogP contribution is -2.16. The van der Waals surface area contributed by atoms with Crippen molar-refractivity contribution in [1.29, 1.82) is 0 Å². The predicted octanol–water partition coefficient (Wildman–Crippen LogP) is 1.66. The van der Waals surface area contributed by atoms with Crippen molar-refractivity contribution < 1.29 is 9.84 Å². The number of aliphatic hydroxyl groups excluding tert-OH is 1. The summed E-state index contributed by atoms with van der Waals surface area (Å²) in [5.74, 6) is 1.60. The highest BCUT2D eigenvalue weighted by molar-refractivity contribution is 5.41. The average molecular weight is 210 g/mol. The van der Waals surface area contributed by atoms with Crippen molar-refractivity contribution in [2.45, 2.75) is 25.8 Å². The fourth-order valence-electron chi connectivity index (χ4n) is 1.34. The minimum Gasteiger partial charge on any atom is -0.497 e. The summed E-state index contributed by atoms with van der Waals surface area (Å²) in [6.45, 7) is 2.30. The van der Waals surface area contributed by atoms with E-state index in [1.807, 2.05) is 12.1 Å². The first-order valence-corrected chi connectivity index (χ1v) is 5.13. The largest absolute Gasteiger partial charge is 0.497 e. The molecule has 1 atom stereocenters. The molecule has 1 aromatic heterocycles. The Morgan fingerprint density at radius 3 is 3.07 bits per heavy atom. The first-order valence-electron chi connectivity index (χ1n) is 5.13. The highest BCUT2D eigenvalue weighted by Crippen LogP contribution is 2.15. The lowest BCUT2D eigenvalue weighted by molar-refractivity contribution is 0.282. The Morgan fingerprint density at radius 1 is 1.60 bits per heavy atom. The van der Waals surface area contributed by atoms with E-state index in [0.717, 1.165) is 24.4 Å². The minimum absolute atomic E-state index is 0.234. The van der Waals surface area contributed by atoms with Gasteiger partial charge in [0.25, 0.3) is 0 Å². The minimum atomic E-state index is 0.234. The van der Waals surface area contributed by atoms with Crippen molar-refractivity contribution in [2.75, 3.05) is 19.0 Å². The molecular formula is C11H18N2O2. The highest BCUT2D eigenvalue weighted by Gasteiger charge is 2.03. The van der Waals surface area contributed by atoms with Crippen molar-refractivity contribution >= 4 is 5.82 Å². The highest BCUT2D eigenvalue weighted by atomic mass is 16.5. The van der Waals surface area contributed by atoms with Crippen LogP contribution < -0.4 is 10.1 Å². The van der Waals surface area contributed by atoms with E-state index in [9.17, 15) is 0 Å². The second-order valence-electron chi connectivity index (χ2n) is 3.49. The Morgan fingerprint density at radius 2 is 2.40 bits per heavy atom. The van der Waals surface area contributed by atoms with E-state index in [1.165, 1.54) is 0 Å². The molecule has 0 saturated carbocycles. The quantitative estimate of drug-likeness (QED) is 0.749. The molecule has 0 aliphatic carbocycles. The Labute approximate surface area is 90.3 Å². The molecule has 0 amide bonds. The molecule has 4 nitrogen and oxygen atoms in total. The maximum atomic E-state index is 8.70. The van der Waals surface area contributed by atoms with Crippen LogP contribution >= 0.6 is 0 Å². The first kappa shape index (κ1) is 11.8. The monoisotopic (exact) mass is 210 g/mol. The van der Waals surface area contributed by atoms with Gasteiger partial charge in [-0.05, 0) is 25.8 Å². The lowest BCUT2D eigenvalue weighted by atomic mass is 10.2. The zero-order valence-electron chi connectivity index (χ0n) is 9.23. The van der Waals surface area contributed by atoms with Crippen LogP contribution in [0.3, 0.4) is 0 Å². The van der Waals surface area contributed by atoms with Gasteiger partial charge in [0, 0.05) is 24.9 Å². The van der Waals surface area contributed by atoms with Crippen LogP contribution in [0.5, 0.6) is 5.75 Å². The van der Waals surface area contributed by atoms with E-state index >= 15 is 0 Å². The van der Waals surface area contributed by atoms with Crippen molar-refractivity contribution in [3.05, 3.63) is 18.3 Å². The molecule has 2 N–H and O–H groups in total. The number of hydrogen-bond donors (Lipinski definition) is 2. The summed E-state index contributed by atoms with van der Waals surface area (Å²) < 4.78 is 5.10. The Hall–Kier alpha value is -1.29. The zero-order valence-corrected chi connectivity index (χ0v) is 9.23. The molecule has 0 spiro atoms. The molecule has 0 radical (unpaired) electrons. The molecule has 0 aromatic carbocycles. The number of ether oxygens (including phenoxy) is 1. The van der Waals surface area contributed by atoms with Gasteiger partial charge in [0.15, 0.2) is 0 Å². The molecule has 0 fully saturated rings. The Balaban J connectivity index is 2.48. The van der Waals surface area contributed by atoms with Gasteiger partial charge in [-0.15, -0.1) is 0 Å². The summed E-state index contributed by atoms with van der Waals surface area (Å²) in [6.07, 6.45) is 3.44. The van der Waals surface area contributed by atoms with E-state index in [0.29, 0.717) is 6.04 Å². The van der Waals surface area contributed by atoms with Crippen LogP contribution in [-0.4, -0.2) is 29.8 Å². The van der Waals surface area contributed by atoms with Crippen LogP contribution in [0.2, 0.25) is 0 Å². The van der Waals surface area contributed by atoms with Gasteiger partial charge < -0.3 is 15.2 Å². The zero-order chi connectivity index (χ0) is 11.1. The molecule has 84 valence electrons. The third-order valence-corrected chi connectivity index (χ3v) is 2.16. The van der Waals surface area contributed by atoms with E-state index in [4.69, 9.17) is 9.84 Å². The number of aliphatic hydroxyl groups is 1. The van der Waals surface area contributed by atoms with E-state index in [-0.39, 0.29) is 6.61 Å². The summed E-state index contributed by atoms with van der Waals surface area (Å²) in [7, 11) is 1.63. The van der Waals surface area contributed by atoms with E-state index in [1.54, 1.807) is 13.3 Å². The molecule has 4 heteroatoms. The van der Waals surface area contributed by atoms with Gasteiger partial charge in [0.05, 0.1) is 7.11 Å². The fourth-order valence-corrected chi connectivity index (χ4v) is 1.34. The van der Waals surface area contributed by atoms with Crippen molar-refractivity contribution in [3.8, 4) is 5.75 Å². The van der Waals surface area contributed by atoms with Gasteiger partial charge in [-0.2, -0.15) is 0 Å². The van der Waals surface area contributed by atoms with Crippen LogP contribution in [0.4, 0.5) is 5.82 Å². The summed E-state index contributed by atoms with van der Waals surface area (Å²) >= 11 is 0. The molecule has 15 heavy (non-hydrogen) atoms. The van der Waals surface area contributed by atoms with Gasteiger partial charge in [-0.25, -0.2) is 4.98 Å². The van der Waals surface area contributed by atoms with Gasteiger partial charge in [0.1, 0.15) is 11.6 Å². The number of anilines is 1. The molecular weight excluding hydrogens is 192 g/mol. The predicted molar refractivity (Wildman–Crippen MR) is 60.2 cm³/mol. The van der Waals surface area contributed by atoms with Gasteiger partial charge in [-0.3, -0.25) is 0 Å². The topological polar surface area (TPSA) is 54.4 Å². The fraction of sp³-hybridized carbons (Fsp3) is 0.545. The number of methoxy groups -OCH3 is 1. The molecule has 0 aliphatic rings. The maximum absolute atomic E-state index is 8.70. The second-order valence-corrected chi connectivity index (χ2v) is 3.49. The van der Waals surface area contributed by atoms with Gasteiger partial charge in [0.2, 0.25) is 0 Å². The maximum Gasteiger partial charge on any atom is 0.129 e. The van der Waals surface area contributed by atoms with Crippen molar-refractivity contribution in [2.24, 2.45) is 0 Å². The van der Waals surface area contributed by atoms with Gasteiger partial charge in [-0.1, -0.05) is 0 Å². The van der Waals surface area contributed by atoms with Crippen LogP contribution in [0.1, 0.15) is 19.8 Å². The van der Waals surface area contributed by atoms with Crippen molar-refractivity contribution in [3.63, 3.8) is 0 Å². The van der Waals surface area contributed by atoms with Crippen molar-refractivity contribution in [1.82, 2.24) is 4.98 Å². The average Bonchev–Trinajstić information content (AvgIpc) is 2.26. The number of nitrogens with zero attached hydrogens (tertiary/aromatic N) is 1. The number of nitrogens with one attached hydrogen (secondary N) is 1. The smallest absolute Gasteiger partial charge is 0.129 e. The normalized spacial score (nSPS) is 12.2. The van der Waals surface area contributed by atoms with Crippen LogP contribution in [0.25, 0.3) is 0 Å². The Bertz CT molecular complexity index is 292. The molecule has 1 heterocycles. The molecule has 1 unspecified atom stereocenters. The Kier molecular flexibility index (Phi) is 4.90.